The lowest BCUT2D eigenvalue weighted by Gasteiger charge is -2.30. The van der Waals surface area contributed by atoms with Gasteiger partial charge in [-0.15, -0.1) is 0 Å². The van der Waals surface area contributed by atoms with E-state index in [1.54, 1.807) is 36.4 Å². The number of azo groups is 1. The molecular weight excluding hydrogens is 498 g/mol. The standard InChI is InChI=1S/C24H26ClN9O3/c25-18-2-1-3-19(15-18)30-31-20-4-5-21(35)17(14-20)16-26-32-22-27-23(33-6-10-36-11-7-33)29-24(28-22)34-8-12-37-13-9-34/h1-5,14-16,35H,6-13H2,(H,27,28,29,32)/b26-16-,31-30?. The first-order valence-electron chi connectivity index (χ1n) is 11.8. The summed E-state index contributed by atoms with van der Waals surface area (Å²) in [6.45, 7) is 5.24. The molecule has 2 aromatic carbocycles. The molecule has 3 aromatic rings. The van der Waals surface area contributed by atoms with E-state index in [9.17, 15) is 5.11 Å². The maximum absolute atomic E-state index is 10.3. The second-order valence-corrected chi connectivity index (χ2v) is 8.69. The van der Waals surface area contributed by atoms with Crippen molar-refractivity contribution in [2.24, 2.45) is 15.3 Å². The van der Waals surface area contributed by atoms with Gasteiger partial charge in [0, 0.05) is 36.8 Å². The smallest absolute Gasteiger partial charge is 0.250 e. The Morgan fingerprint density at radius 2 is 1.46 bits per heavy atom. The highest BCUT2D eigenvalue weighted by Gasteiger charge is 2.20. The highest BCUT2D eigenvalue weighted by Crippen LogP contribution is 2.25. The van der Waals surface area contributed by atoms with Crippen molar-refractivity contribution in [2.75, 3.05) is 67.8 Å². The van der Waals surface area contributed by atoms with Crippen LogP contribution in [0.1, 0.15) is 5.56 Å². The number of anilines is 3. The third-order valence-corrected chi connectivity index (χ3v) is 5.90. The fourth-order valence-electron chi connectivity index (χ4n) is 3.73. The van der Waals surface area contributed by atoms with E-state index in [2.05, 4.69) is 45.5 Å². The molecule has 2 fully saturated rings. The van der Waals surface area contributed by atoms with Crippen LogP contribution >= 0.6 is 11.6 Å². The number of nitrogens with zero attached hydrogens (tertiary/aromatic N) is 8. The third-order valence-electron chi connectivity index (χ3n) is 5.67. The second-order valence-electron chi connectivity index (χ2n) is 8.25. The number of aromatic nitrogens is 3. The van der Waals surface area contributed by atoms with E-state index in [4.69, 9.17) is 21.1 Å². The molecule has 0 unspecified atom stereocenters. The number of hydrazone groups is 1. The molecule has 192 valence electrons. The van der Waals surface area contributed by atoms with Crippen LogP contribution in [0, 0.1) is 0 Å². The van der Waals surface area contributed by atoms with Crippen molar-refractivity contribution in [1.82, 2.24) is 15.0 Å². The Kier molecular flexibility index (Phi) is 7.99. The molecule has 0 radical (unpaired) electrons. The number of ether oxygens (including phenoxy) is 2. The maximum atomic E-state index is 10.3. The van der Waals surface area contributed by atoms with Gasteiger partial charge in [0.05, 0.1) is 44.0 Å². The summed E-state index contributed by atoms with van der Waals surface area (Å²) in [7, 11) is 0. The summed E-state index contributed by atoms with van der Waals surface area (Å²) in [6.07, 6.45) is 1.47. The van der Waals surface area contributed by atoms with Crippen molar-refractivity contribution in [3.05, 3.63) is 53.1 Å². The van der Waals surface area contributed by atoms with Gasteiger partial charge in [0.2, 0.25) is 17.8 Å². The Morgan fingerprint density at radius 1 is 0.838 bits per heavy atom. The molecule has 2 N–H and O–H groups in total. The number of hydrogen-bond donors (Lipinski definition) is 2. The van der Waals surface area contributed by atoms with Gasteiger partial charge in [-0.1, -0.05) is 17.7 Å². The molecule has 0 saturated carbocycles. The van der Waals surface area contributed by atoms with Crippen LogP contribution in [0.25, 0.3) is 0 Å². The zero-order chi connectivity index (χ0) is 25.5. The Balaban J connectivity index is 1.33. The lowest BCUT2D eigenvalue weighted by molar-refractivity contribution is 0.121. The average Bonchev–Trinajstić information content (AvgIpc) is 2.94. The molecule has 0 atom stereocenters. The van der Waals surface area contributed by atoms with E-state index in [1.807, 2.05) is 0 Å². The van der Waals surface area contributed by atoms with Gasteiger partial charge in [-0.25, -0.2) is 5.43 Å². The molecule has 5 rings (SSSR count). The minimum absolute atomic E-state index is 0.0471. The largest absolute Gasteiger partial charge is 0.507 e. The van der Waals surface area contributed by atoms with Crippen LogP contribution < -0.4 is 15.2 Å². The molecule has 0 aliphatic carbocycles. The Morgan fingerprint density at radius 3 is 2.08 bits per heavy atom. The van der Waals surface area contributed by atoms with Crippen molar-refractivity contribution in [3.63, 3.8) is 0 Å². The zero-order valence-electron chi connectivity index (χ0n) is 20.0. The molecule has 13 heteroatoms. The molecule has 0 amide bonds. The summed E-state index contributed by atoms with van der Waals surface area (Å²) in [5.74, 6) is 1.46. The number of phenolic OH excluding ortho intramolecular Hbond substituents is 1. The van der Waals surface area contributed by atoms with Crippen molar-refractivity contribution in [3.8, 4) is 5.75 Å². The van der Waals surface area contributed by atoms with Gasteiger partial charge in [0.25, 0.3) is 0 Å². The van der Waals surface area contributed by atoms with Gasteiger partial charge in [0.15, 0.2) is 0 Å². The number of halogens is 1. The normalized spacial score (nSPS) is 16.6. The lowest BCUT2D eigenvalue weighted by Crippen LogP contribution is -2.40. The maximum Gasteiger partial charge on any atom is 0.250 e. The Labute approximate surface area is 218 Å². The Hall–Kier alpha value is -3.87. The van der Waals surface area contributed by atoms with Crippen LogP contribution in [0.2, 0.25) is 5.02 Å². The predicted octanol–water partition coefficient (Wildman–Crippen LogP) is 3.77. The van der Waals surface area contributed by atoms with Crippen molar-refractivity contribution < 1.29 is 14.6 Å². The number of benzene rings is 2. The van der Waals surface area contributed by atoms with E-state index >= 15 is 0 Å². The second kappa shape index (κ2) is 11.9. The molecule has 1 aromatic heterocycles. The summed E-state index contributed by atoms with van der Waals surface area (Å²) >= 11 is 6.00. The number of morpholine rings is 2. The van der Waals surface area contributed by atoms with Crippen LogP contribution in [0.5, 0.6) is 5.75 Å². The van der Waals surface area contributed by atoms with E-state index in [0.29, 0.717) is 92.4 Å². The van der Waals surface area contributed by atoms with Gasteiger partial charge < -0.3 is 24.4 Å². The molecule has 37 heavy (non-hydrogen) atoms. The van der Waals surface area contributed by atoms with Gasteiger partial charge in [-0.3, -0.25) is 0 Å². The van der Waals surface area contributed by atoms with E-state index in [-0.39, 0.29) is 5.75 Å². The quantitative estimate of drug-likeness (QED) is 0.269. The van der Waals surface area contributed by atoms with Gasteiger partial charge >= 0.3 is 0 Å². The first kappa shape index (κ1) is 24.8. The molecule has 0 spiro atoms. The summed E-state index contributed by atoms with van der Waals surface area (Å²) < 4.78 is 10.9. The monoisotopic (exact) mass is 523 g/mol. The van der Waals surface area contributed by atoms with Crippen LogP contribution in [0.3, 0.4) is 0 Å². The van der Waals surface area contributed by atoms with Crippen LogP contribution in [0.4, 0.5) is 29.2 Å². The number of hydrogen-bond acceptors (Lipinski definition) is 12. The van der Waals surface area contributed by atoms with E-state index in [0.717, 1.165) is 0 Å². The first-order chi connectivity index (χ1) is 18.1. The number of rotatable bonds is 7. The minimum atomic E-state index is 0.0471. The number of aromatic hydroxyl groups is 1. The third kappa shape index (κ3) is 6.67. The zero-order valence-corrected chi connectivity index (χ0v) is 20.8. The molecule has 2 aliphatic rings. The van der Waals surface area contributed by atoms with Crippen molar-refractivity contribution >= 4 is 47.0 Å². The highest BCUT2D eigenvalue weighted by molar-refractivity contribution is 6.30. The van der Waals surface area contributed by atoms with E-state index in [1.165, 1.54) is 12.3 Å². The van der Waals surface area contributed by atoms with Gasteiger partial charge in [-0.05, 0) is 36.4 Å². The van der Waals surface area contributed by atoms with Crippen LogP contribution in [-0.4, -0.2) is 78.9 Å². The summed E-state index contributed by atoms with van der Waals surface area (Å²) in [5.41, 5.74) is 4.49. The van der Waals surface area contributed by atoms with Gasteiger partial charge in [-0.2, -0.15) is 30.3 Å². The number of nitrogens with one attached hydrogen (secondary N) is 1. The van der Waals surface area contributed by atoms with E-state index < -0.39 is 0 Å². The first-order valence-corrected chi connectivity index (χ1v) is 12.2. The van der Waals surface area contributed by atoms with Gasteiger partial charge in [0.1, 0.15) is 5.75 Å². The Bertz CT molecular complexity index is 1240. The SMILES string of the molecule is Oc1ccc(N=Nc2cccc(Cl)c2)cc1/C=N\Nc1nc(N2CCOCC2)nc(N2CCOCC2)n1. The topological polar surface area (TPSA) is 133 Å². The summed E-state index contributed by atoms with van der Waals surface area (Å²) in [4.78, 5) is 17.9. The van der Waals surface area contributed by atoms with Crippen LogP contribution in [0.15, 0.2) is 57.8 Å². The van der Waals surface area contributed by atoms with Crippen molar-refractivity contribution in [1.29, 1.82) is 0 Å². The fraction of sp³-hybridized carbons (Fsp3) is 0.333. The molecular formula is C24H26ClN9O3. The number of phenols is 1. The lowest BCUT2D eigenvalue weighted by atomic mass is 10.2. The van der Waals surface area contributed by atoms with Crippen LogP contribution in [-0.2, 0) is 9.47 Å². The molecule has 3 heterocycles. The fourth-order valence-corrected chi connectivity index (χ4v) is 3.92. The molecule has 0 bridgehead atoms. The average molecular weight is 524 g/mol. The summed E-state index contributed by atoms with van der Waals surface area (Å²) in [5, 5.41) is 23.5. The van der Waals surface area contributed by atoms with Crippen molar-refractivity contribution in [2.45, 2.75) is 0 Å². The molecule has 2 aliphatic heterocycles. The minimum Gasteiger partial charge on any atom is -0.507 e. The molecule has 12 nitrogen and oxygen atoms in total. The summed E-state index contributed by atoms with van der Waals surface area (Å²) in [6, 6.07) is 11.9. The molecule has 2 saturated heterocycles. The highest BCUT2D eigenvalue weighted by atomic mass is 35.5. The predicted molar refractivity (Wildman–Crippen MR) is 141 cm³/mol.